The van der Waals surface area contributed by atoms with Crippen molar-refractivity contribution in [2.45, 2.75) is 0 Å². The molecule has 2 unspecified atom stereocenters. The first-order chi connectivity index (χ1) is 6.21. The normalized spacial score (nSPS) is 18.4. The molecule has 0 spiro atoms. The van der Waals surface area contributed by atoms with Crippen molar-refractivity contribution in [2.75, 3.05) is 13.3 Å². The van der Waals surface area contributed by atoms with Gasteiger partial charge in [0.05, 0.1) is 0 Å². The van der Waals surface area contributed by atoms with E-state index in [-0.39, 0.29) is 30.1 Å². The van der Waals surface area contributed by atoms with E-state index < -0.39 is 14.7 Å². The fourth-order valence-electron chi connectivity index (χ4n) is 0.994. The Labute approximate surface area is 101 Å². The Kier molecular flexibility index (Phi) is 5.11. The minimum atomic E-state index is -3.53. The van der Waals surface area contributed by atoms with Crippen LogP contribution in [0.4, 0.5) is 0 Å². The Balaban J connectivity index is 0.00000196. The molecule has 0 aliphatic rings. The summed E-state index contributed by atoms with van der Waals surface area (Å²) in [7, 11) is -7.06. The summed E-state index contributed by atoms with van der Waals surface area (Å²) in [5.41, 5.74) is 0. The van der Waals surface area contributed by atoms with Gasteiger partial charge < -0.3 is 18.9 Å². The zero-order valence-electron chi connectivity index (χ0n) is 8.54. The van der Waals surface area contributed by atoms with Gasteiger partial charge in [0.1, 0.15) is 0 Å². The average Bonchev–Trinajstić information content (AvgIpc) is 2.01. The Hall–Kier alpha value is 0.223. The Morgan fingerprint density at radius 3 is 1.20 bits per heavy atom. The summed E-state index contributed by atoms with van der Waals surface area (Å²) in [6.07, 6.45) is 0. The predicted octanol–water partition coefficient (Wildman–Crippen LogP) is -0.529. The third-order valence-electron chi connectivity index (χ3n) is 1.79. The molecule has 2 atom stereocenters. The molecule has 0 fully saturated rings. The monoisotopic (exact) mass is 296 g/mol. The van der Waals surface area contributed by atoms with Crippen LogP contribution in [0.2, 0.25) is 0 Å². The smallest absolute Gasteiger partial charge is 0.796 e. The molecule has 0 aliphatic carbocycles. The van der Waals surface area contributed by atoms with Crippen molar-refractivity contribution >= 4 is 25.3 Å². The third-order valence-corrected chi connectivity index (χ3v) is 4.26. The molecule has 15 heavy (non-hydrogen) atoms. The van der Waals surface area contributed by atoms with Gasteiger partial charge >= 0.3 is 19.5 Å². The molecule has 0 radical (unpaired) electrons. The molecule has 78 valence electrons. The molecule has 1 aromatic rings. The predicted molar refractivity (Wildman–Crippen MR) is 52.8 cm³/mol. The van der Waals surface area contributed by atoms with Crippen molar-refractivity contribution in [2.24, 2.45) is 0 Å². The molecular formula is C8H10O4P2Zn. The van der Waals surface area contributed by atoms with Crippen LogP contribution in [0.5, 0.6) is 0 Å². The first kappa shape index (κ1) is 15.2. The van der Waals surface area contributed by atoms with Crippen LogP contribution in [0.3, 0.4) is 0 Å². The summed E-state index contributed by atoms with van der Waals surface area (Å²) >= 11 is 0. The minimum absolute atomic E-state index is 0. The molecule has 0 heterocycles. The molecule has 0 aromatic heterocycles. The van der Waals surface area contributed by atoms with Crippen LogP contribution in [0.15, 0.2) is 24.3 Å². The van der Waals surface area contributed by atoms with Gasteiger partial charge in [-0.3, -0.25) is 0 Å². The van der Waals surface area contributed by atoms with Crippen LogP contribution < -0.4 is 20.4 Å². The molecule has 0 saturated carbocycles. The molecule has 0 amide bonds. The van der Waals surface area contributed by atoms with E-state index in [0.717, 1.165) is 13.3 Å². The van der Waals surface area contributed by atoms with E-state index in [9.17, 15) is 18.9 Å². The Morgan fingerprint density at radius 1 is 0.867 bits per heavy atom. The minimum Gasteiger partial charge on any atom is -0.796 e. The maximum Gasteiger partial charge on any atom is 2.00 e. The average molecular weight is 298 g/mol. The molecule has 1 rings (SSSR count). The number of rotatable bonds is 2. The molecule has 4 nitrogen and oxygen atoms in total. The first-order valence-corrected chi connectivity index (χ1v) is 8.04. The maximum absolute atomic E-state index is 11.1. The van der Waals surface area contributed by atoms with Crippen molar-refractivity contribution in [3.05, 3.63) is 24.3 Å². The molecule has 0 saturated heterocycles. The van der Waals surface area contributed by atoms with Gasteiger partial charge in [0.15, 0.2) is 0 Å². The van der Waals surface area contributed by atoms with Gasteiger partial charge in [-0.25, -0.2) is 0 Å². The second-order valence-corrected chi connectivity index (χ2v) is 7.62. The molecule has 0 N–H and O–H groups in total. The summed E-state index contributed by atoms with van der Waals surface area (Å²) in [6.45, 7) is 2.20. The molecule has 0 aliphatic heterocycles. The second kappa shape index (κ2) is 5.04. The van der Waals surface area contributed by atoms with Crippen molar-refractivity contribution < 1.29 is 38.4 Å². The van der Waals surface area contributed by atoms with Gasteiger partial charge in [0.25, 0.3) is 0 Å². The van der Waals surface area contributed by atoms with E-state index in [1.54, 1.807) is 0 Å². The van der Waals surface area contributed by atoms with Crippen LogP contribution in [0, 0.1) is 0 Å². The zero-order chi connectivity index (χ0) is 11.0. The summed E-state index contributed by atoms with van der Waals surface area (Å²) < 4.78 is 22.1. The van der Waals surface area contributed by atoms with Crippen molar-refractivity contribution in [3.63, 3.8) is 0 Å². The third kappa shape index (κ3) is 4.30. The van der Waals surface area contributed by atoms with Gasteiger partial charge in [0.2, 0.25) is 0 Å². The molecule has 1 aromatic carbocycles. The Morgan fingerprint density at radius 2 is 1.07 bits per heavy atom. The van der Waals surface area contributed by atoms with Gasteiger partial charge in [-0.15, -0.1) is 0 Å². The van der Waals surface area contributed by atoms with Crippen molar-refractivity contribution in [1.82, 2.24) is 0 Å². The van der Waals surface area contributed by atoms with E-state index in [1.807, 2.05) is 0 Å². The quantitative estimate of drug-likeness (QED) is 0.543. The van der Waals surface area contributed by atoms with E-state index in [1.165, 1.54) is 24.3 Å². The summed E-state index contributed by atoms with van der Waals surface area (Å²) in [5.74, 6) is 0. The van der Waals surface area contributed by atoms with E-state index in [4.69, 9.17) is 0 Å². The van der Waals surface area contributed by atoms with Gasteiger partial charge in [-0.1, -0.05) is 24.3 Å². The SMILES string of the molecule is CP(=O)([O-])c1ccc(P(C)(=O)[O-])cc1.[Zn+2]. The summed E-state index contributed by atoms with van der Waals surface area (Å²) in [4.78, 5) is 22.1. The van der Waals surface area contributed by atoms with Crippen LogP contribution in [0.25, 0.3) is 0 Å². The van der Waals surface area contributed by atoms with Crippen LogP contribution >= 0.6 is 14.7 Å². The first-order valence-electron chi connectivity index (χ1n) is 3.89. The fourth-order valence-corrected chi connectivity index (χ4v) is 2.38. The number of hydrogen-bond donors (Lipinski definition) is 0. The van der Waals surface area contributed by atoms with E-state index in [2.05, 4.69) is 0 Å². The van der Waals surface area contributed by atoms with E-state index >= 15 is 0 Å². The van der Waals surface area contributed by atoms with Crippen molar-refractivity contribution in [1.29, 1.82) is 0 Å². The van der Waals surface area contributed by atoms with Crippen LogP contribution in [0.1, 0.15) is 0 Å². The van der Waals surface area contributed by atoms with Crippen molar-refractivity contribution in [3.8, 4) is 0 Å². The molecular weight excluding hydrogens is 287 g/mol. The largest absolute Gasteiger partial charge is 2.00 e. The standard InChI is InChI=1S/C8H12O4P2.Zn/c1-13(9,10)7-3-5-8(6-4-7)14(2,11)12;/h3-6H,1-2H3,(H,9,10)(H,11,12);/q;+2/p-2. The molecule has 0 bridgehead atoms. The van der Waals surface area contributed by atoms with E-state index in [0.29, 0.717) is 0 Å². The second-order valence-electron chi connectivity index (χ2n) is 3.21. The Bertz CT molecular complexity index is 376. The number of hydrogen-bond acceptors (Lipinski definition) is 4. The number of benzene rings is 1. The topological polar surface area (TPSA) is 80.3 Å². The summed E-state index contributed by atoms with van der Waals surface area (Å²) in [6, 6.07) is 5.21. The summed E-state index contributed by atoms with van der Waals surface area (Å²) in [5, 5.41) is 0.296. The van der Waals surface area contributed by atoms with Crippen LogP contribution in [-0.2, 0) is 28.6 Å². The van der Waals surface area contributed by atoms with Gasteiger partial charge in [-0.2, -0.15) is 0 Å². The van der Waals surface area contributed by atoms with Gasteiger partial charge in [0, 0.05) is 14.7 Å². The van der Waals surface area contributed by atoms with Crippen LogP contribution in [-0.4, -0.2) is 13.3 Å². The zero-order valence-corrected chi connectivity index (χ0v) is 13.3. The fraction of sp³-hybridized carbons (Fsp3) is 0.250. The maximum atomic E-state index is 11.1. The van der Waals surface area contributed by atoms with Gasteiger partial charge in [-0.05, 0) is 23.9 Å². The molecule has 7 heteroatoms.